The van der Waals surface area contributed by atoms with Crippen LogP contribution in [0, 0.1) is 0 Å². The summed E-state index contributed by atoms with van der Waals surface area (Å²) in [4.78, 5) is 16.6. The highest BCUT2D eigenvalue weighted by atomic mass is 16.3. The van der Waals surface area contributed by atoms with E-state index in [0.717, 1.165) is 41.0 Å². The van der Waals surface area contributed by atoms with Gasteiger partial charge in [-0.15, -0.1) is 0 Å². The molecule has 0 saturated heterocycles. The number of amides is 2. The molecule has 0 spiro atoms. The zero-order valence-electron chi connectivity index (χ0n) is 13.7. The van der Waals surface area contributed by atoms with Crippen LogP contribution in [-0.4, -0.2) is 16.1 Å². The largest absolute Gasteiger partial charge is 0.440 e. The minimum atomic E-state index is -0.307. The molecule has 1 aliphatic carbocycles. The summed E-state index contributed by atoms with van der Waals surface area (Å²) in [6.07, 6.45) is 2.27. The summed E-state index contributed by atoms with van der Waals surface area (Å²) in [5.41, 5.74) is 3.85. The number of benzene rings is 2. The molecular formula is C19H19N3O3. The molecule has 6 nitrogen and oxygen atoms in total. The highest BCUT2D eigenvalue weighted by Gasteiger charge is 2.28. The van der Waals surface area contributed by atoms with Gasteiger partial charge in [-0.3, -0.25) is 0 Å². The minimum Gasteiger partial charge on any atom is -0.440 e. The Bertz CT molecular complexity index is 915. The Balaban J connectivity index is 1.41. The van der Waals surface area contributed by atoms with Crippen LogP contribution in [0.2, 0.25) is 0 Å². The summed E-state index contributed by atoms with van der Waals surface area (Å²) in [6, 6.07) is 12.6. The Morgan fingerprint density at radius 1 is 1.20 bits per heavy atom. The molecule has 3 aromatic rings. The minimum absolute atomic E-state index is 0.0500. The molecule has 1 heterocycles. The van der Waals surface area contributed by atoms with Gasteiger partial charge in [-0.1, -0.05) is 24.3 Å². The first-order valence-electron chi connectivity index (χ1n) is 8.36. The van der Waals surface area contributed by atoms with Gasteiger partial charge in [-0.2, -0.15) is 0 Å². The second-order valence-corrected chi connectivity index (χ2v) is 6.24. The number of nitrogens with zero attached hydrogens (tertiary/aromatic N) is 1. The third-order valence-electron chi connectivity index (χ3n) is 4.32. The molecule has 3 N–H and O–H groups in total. The van der Waals surface area contributed by atoms with E-state index in [4.69, 9.17) is 4.42 Å². The van der Waals surface area contributed by atoms with Crippen molar-refractivity contribution in [2.45, 2.75) is 31.9 Å². The van der Waals surface area contributed by atoms with Crippen LogP contribution in [-0.2, 0) is 13.2 Å². The maximum atomic E-state index is 12.1. The molecule has 1 saturated carbocycles. The Labute approximate surface area is 144 Å². The number of carbonyl (C=O) groups excluding carboxylic acids is 1. The topological polar surface area (TPSA) is 87.4 Å². The maximum absolute atomic E-state index is 12.1. The predicted molar refractivity (Wildman–Crippen MR) is 94.2 cm³/mol. The molecule has 0 bridgehead atoms. The highest BCUT2D eigenvalue weighted by molar-refractivity contribution is 5.91. The first kappa shape index (κ1) is 15.7. The third kappa shape index (κ3) is 3.49. The molecule has 6 heteroatoms. The van der Waals surface area contributed by atoms with Crippen LogP contribution in [0.15, 0.2) is 46.9 Å². The normalized spacial score (nSPS) is 13.8. The summed E-state index contributed by atoms with van der Waals surface area (Å²) in [7, 11) is 0. The van der Waals surface area contributed by atoms with Crippen molar-refractivity contribution >= 4 is 22.8 Å². The van der Waals surface area contributed by atoms with Gasteiger partial charge in [0, 0.05) is 18.2 Å². The molecule has 0 unspecified atom stereocenters. The first-order valence-corrected chi connectivity index (χ1v) is 8.36. The van der Waals surface area contributed by atoms with Gasteiger partial charge in [0.25, 0.3) is 0 Å². The summed E-state index contributed by atoms with van der Waals surface area (Å²) in [5.74, 6) is 1.25. The van der Waals surface area contributed by atoms with Crippen molar-refractivity contribution < 1.29 is 14.3 Å². The van der Waals surface area contributed by atoms with E-state index in [2.05, 4.69) is 15.6 Å². The van der Waals surface area contributed by atoms with E-state index >= 15 is 0 Å². The van der Waals surface area contributed by atoms with E-state index in [0.29, 0.717) is 18.2 Å². The summed E-state index contributed by atoms with van der Waals surface area (Å²) in [6.45, 7) is 0.298. The Morgan fingerprint density at radius 3 is 2.76 bits per heavy atom. The van der Waals surface area contributed by atoms with Crippen molar-refractivity contribution in [2.75, 3.05) is 5.32 Å². The molecule has 0 radical (unpaired) electrons. The Hall–Kier alpha value is -2.86. The van der Waals surface area contributed by atoms with Crippen LogP contribution in [0.4, 0.5) is 10.5 Å². The van der Waals surface area contributed by atoms with Gasteiger partial charge in [0.2, 0.25) is 0 Å². The number of aromatic nitrogens is 1. The lowest BCUT2D eigenvalue weighted by Gasteiger charge is -2.10. The number of oxazole rings is 1. The van der Waals surface area contributed by atoms with Gasteiger partial charge < -0.3 is 20.2 Å². The number of hydrogen-bond acceptors (Lipinski definition) is 4. The number of urea groups is 1. The standard InChI is InChI=1S/C19H19N3O3/c23-11-14-4-2-1-3-13(14)10-20-19(24)21-15-7-8-17-16(9-15)22-18(25-17)12-5-6-12/h1-4,7-9,12,23H,5-6,10-11H2,(H2,20,21,24). The fourth-order valence-electron chi connectivity index (χ4n) is 2.76. The third-order valence-corrected chi connectivity index (χ3v) is 4.32. The summed E-state index contributed by atoms with van der Waals surface area (Å²) in [5, 5.41) is 14.9. The van der Waals surface area contributed by atoms with E-state index in [1.165, 1.54) is 0 Å². The van der Waals surface area contributed by atoms with Crippen LogP contribution >= 0.6 is 0 Å². The van der Waals surface area contributed by atoms with Crippen molar-refractivity contribution in [1.29, 1.82) is 0 Å². The van der Waals surface area contributed by atoms with Gasteiger partial charge in [0.05, 0.1) is 6.61 Å². The first-order chi connectivity index (χ1) is 12.2. The highest BCUT2D eigenvalue weighted by Crippen LogP contribution is 2.40. The van der Waals surface area contributed by atoms with Crippen LogP contribution in [0.5, 0.6) is 0 Å². The van der Waals surface area contributed by atoms with E-state index in [1.807, 2.05) is 36.4 Å². The number of rotatable bonds is 5. The van der Waals surface area contributed by atoms with Gasteiger partial charge in [0.15, 0.2) is 11.5 Å². The number of nitrogens with one attached hydrogen (secondary N) is 2. The molecule has 128 valence electrons. The van der Waals surface area contributed by atoms with Crippen molar-refractivity contribution in [3.8, 4) is 0 Å². The zero-order valence-corrected chi connectivity index (χ0v) is 13.7. The SMILES string of the molecule is O=C(NCc1ccccc1CO)Nc1ccc2oc(C3CC3)nc2c1. The molecule has 2 aromatic carbocycles. The quantitative estimate of drug-likeness (QED) is 0.665. The number of aliphatic hydroxyl groups is 1. The van der Waals surface area contributed by atoms with E-state index < -0.39 is 0 Å². The van der Waals surface area contributed by atoms with E-state index in [1.54, 1.807) is 6.07 Å². The average Bonchev–Trinajstić information content (AvgIpc) is 3.40. The lowest BCUT2D eigenvalue weighted by Crippen LogP contribution is -2.28. The predicted octanol–water partition coefficient (Wildman–Crippen LogP) is 3.52. The number of hydrogen-bond donors (Lipinski definition) is 3. The molecule has 0 atom stereocenters. The van der Waals surface area contributed by atoms with Gasteiger partial charge in [-0.25, -0.2) is 9.78 Å². The molecule has 1 aromatic heterocycles. The van der Waals surface area contributed by atoms with Crippen molar-refractivity contribution in [1.82, 2.24) is 10.3 Å². The van der Waals surface area contributed by atoms with Crippen molar-refractivity contribution in [3.63, 3.8) is 0 Å². The maximum Gasteiger partial charge on any atom is 0.319 e. The van der Waals surface area contributed by atoms with Crippen molar-refractivity contribution in [3.05, 3.63) is 59.5 Å². The van der Waals surface area contributed by atoms with Gasteiger partial charge in [0.1, 0.15) is 5.52 Å². The number of anilines is 1. The number of carbonyl (C=O) groups is 1. The number of fused-ring (bicyclic) bond motifs is 1. The van der Waals surface area contributed by atoms with E-state index in [9.17, 15) is 9.90 Å². The second kappa shape index (κ2) is 6.57. The van der Waals surface area contributed by atoms with Gasteiger partial charge in [-0.05, 0) is 42.2 Å². The molecule has 1 fully saturated rings. The summed E-state index contributed by atoms with van der Waals surface area (Å²) < 4.78 is 5.72. The molecular weight excluding hydrogens is 318 g/mol. The number of aliphatic hydroxyl groups excluding tert-OH is 1. The zero-order chi connectivity index (χ0) is 17.2. The lowest BCUT2D eigenvalue weighted by molar-refractivity contribution is 0.251. The average molecular weight is 337 g/mol. The van der Waals surface area contributed by atoms with Crippen LogP contribution in [0.3, 0.4) is 0 Å². The van der Waals surface area contributed by atoms with Crippen LogP contribution in [0.1, 0.15) is 35.8 Å². The monoisotopic (exact) mass is 337 g/mol. The van der Waals surface area contributed by atoms with Gasteiger partial charge >= 0.3 is 6.03 Å². The second-order valence-electron chi connectivity index (χ2n) is 6.24. The molecule has 0 aliphatic heterocycles. The van der Waals surface area contributed by atoms with Crippen molar-refractivity contribution in [2.24, 2.45) is 0 Å². The smallest absolute Gasteiger partial charge is 0.319 e. The lowest BCUT2D eigenvalue weighted by atomic mass is 10.1. The fraction of sp³-hybridized carbons (Fsp3) is 0.263. The van der Waals surface area contributed by atoms with Crippen LogP contribution < -0.4 is 10.6 Å². The summed E-state index contributed by atoms with van der Waals surface area (Å²) >= 11 is 0. The fourth-order valence-corrected chi connectivity index (χ4v) is 2.76. The Kier molecular flexibility index (Phi) is 4.11. The van der Waals surface area contributed by atoms with E-state index in [-0.39, 0.29) is 12.6 Å². The molecule has 4 rings (SSSR count). The Morgan fingerprint density at radius 2 is 2.00 bits per heavy atom. The van der Waals surface area contributed by atoms with Crippen LogP contribution in [0.25, 0.3) is 11.1 Å². The molecule has 2 amide bonds. The molecule has 1 aliphatic rings. The molecule has 25 heavy (non-hydrogen) atoms.